The van der Waals surface area contributed by atoms with E-state index >= 15 is 0 Å². The first-order valence-electron chi connectivity index (χ1n) is 6.01. The van der Waals surface area contributed by atoms with E-state index in [1.54, 1.807) is 30.3 Å². The van der Waals surface area contributed by atoms with E-state index in [9.17, 15) is 24.4 Å². The van der Waals surface area contributed by atoms with Crippen molar-refractivity contribution in [1.82, 2.24) is 0 Å². The molecule has 0 saturated carbocycles. The van der Waals surface area contributed by atoms with Gasteiger partial charge in [0, 0.05) is 17.2 Å². The molecule has 0 saturated heterocycles. The molecule has 0 heterocycles. The van der Waals surface area contributed by atoms with Gasteiger partial charge in [-0.2, -0.15) is 4.36 Å². The highest BCUT2D eigenvalue weighted by atomic mass is 32.2. The number of hydrogen-bond acceptors (Lipinski definition) is 6. The second-order valence-electron chi connectivity index (χ2n) is 4.39. The molecule has 9 heteroatoms. The van der Waals surface area contributed by atoms with Crippen molar-refractivity contribution in [2.24, 2.45) is 4.36 Å². The molecule has 0 radical (unpaired) electrons. The van der Waals surface area contributed by atoms with Crippen LogP contribution in [-0.2, 0) is 9.73 Å². The van der Waals surface area contributed by atoms with Crippen LogP contribution in [0.3, 0.4) is 0 Å². The molecule has 2 aromatic rings. The zero-order valence-electron chi connectivity index (χ0n) is 11.4. The summed E-state index contributed by atoms with van der Waals surface area (Å²) >= 11 is 0. The number of hydrogen-bond donors (Lipinski definition) is 0. The Hall–Kier alpha value is -2.81. The maximum atomic E-state index is 12.6. The van der Waals surface area contributed by atoms with Crippen LogP contribution in [0.5, 0.6) is 0 Å². The molecule has 0 fully saturated rings. The van der Waals surface area contributed by atoms with E-state index in [0.717, 1.165) is 18.2 Å². The predicted molar refractivity (Wildman–Crippen MR) is 80.6 cm³/mol. The molecule has 1 unspecified atom stereocenters. The highest BCUT2D eigenvalue weighted by Crippen LogP contribution is 2.33. The largest absolute Gasteiger partial charge is 0.302 e. The van der Waals surface area contributed by atoms with Gasteiger partial charge in [0.15, 0.2) is 5.69 Å². The van der Waals surface area contributed by atoms with Crippen molar-refractivity contribution in [1.29, 1.82) is 0 Å². The minimum Gasteiger partial charge on any atom is -0.258 e. The Bertz CT molecular complexity index is 857. The molecular formula is C13H11N3O5S. The smallest absolute Gasteiger partial charge is 0.258 e. The van der Waals surface area contributed by atoms with Gasteiger partial charge in [-0.15, -0.1) is 0 Å². The molecule has 0 aliphatic heterocycles. The first-order chi connectivity index (χ1) is 10.3. The summed E-state index contributed by atoms with van der Waals surface area (Å²) in [5.74, 6) is 0. The van der Waals surface area contributed by atoms with Crippen LogP contribution in [0, 0.1) is 20.2 Å². The number of non-ortho nitro benzene ring substituents is 1. The molecule has 0 aliphatic carbocycles. The fourth-order valence-electron chi connectivity index (χ4n) is 1.76. The molecule has 0 spiro atoms. The quantitative estimate of drug-likeness (QED) is 0.632. The summed E-state index contributed by atoms with van der Waals surface area (Å²) < 4.78 is 16.6. The van der Waals surface area contributed by atoms with Gasteiger partial charge >= 0.3 is 5.69 Å². The Balaban J connectivity index is 2.63. The number of nitro groups is 2. The molecule has 8 nitrogen and oxygen atoms in total. The fourth-order valence-corrected chi connectivity index (χ4v) is 3.06. The third kappa shape index (κ3) is 3.26. The van der Waals surface area contributed by atoms with Crippen LogP contribution in [0.25, 0.3) is 0 Å². The number of benzene rings is 2. The number of nitrogens with zero attached hydrogens (tertiary/aromatic N) is 3. The Morgan fingerprint density at radius 3 is 2.18 bits per heavy atom. The first kappa shape index (κ1) is 15.6. The Labute approximate surface area is 125 Å². The maximum absolute atomic E-state index is 12.6. The van der Waals surface area contributed by atoms with Crippen molar-refractivity contribution in [2.45, 2.75) is 4.90 Å². The van der Waals surface area contributed by atoms with E-state index in [1.807, 2.05) is 0 Å². The zero-order chi connectivity index (χ0) is 16.3. The molecule has 0 bridgehead atoms. The van der Waals surface area contributed by atoms with E-state index < -0.39 is 31.0 Å². The van der Waals surface area contributed by atoms with E-state index in [0.29, 0.717) is 4.90 Å². The lowest BCUT2D eigenvalue weighted by molar-refractivity contribution is -0.393. The van der Waals surface area contributed by atoms with Crippen molar-refractivity contribution in [2.75, 3.05) is 6.26 Å². The van der Waals surface area contributed by atoms with Gasteiger partial charge < -0.3 is 0 Å². The standard InChI is InChI=1S/C13H11N3O5S/c1-22(21,11-5-3-2-4-6-11)14-12-8-7-10(15(17)18)9-13(12)16(19)20/h2-9H,1H3. The van der Waals surface area contributed by atoms with Gasteiger partial charge in [-0.3, -0.25) is 20.2 Å². The van der Waals surface area contributed by atoms with Crippen LogP contribution in [-0.4, -0.2) is 20.3 Å². The summed E-state index contributed by atoms with van der Waals surface area (Å²) in [6, 6.07) is 11.3. The minimum atomic E-state index is -2.90. The Morgan fingerprint density at radius 2 is 1.64 bits per heavy atom. The van der Waals surface area contributed by atoms with Crippen molar-refractivity contribution < 1.29 is 14.1 Å². The first-order valence-corrected chi connectivity index (χ1v) is 7.93. The molecular weight excluding hydrogens is 310 g/mol. The van der Waals surface area contributed by atoms with E-state index in [4.69, 9.17) is 0 Å². The van der Waals surface area contributed by atoms with Crippen LogP contribution in [0.2, 0.25) is 0 Å². The third-order valence-corrected chi connectivity index (χ3v) is 4.51. The summed E-state index contributed by atoms with van der Waals surface area (Å²) in [6.45, 7) is 0. The highest BCUT2D eigenvalue weighted by Gasteiger charge is 2.20. The van der Waals surface area contributed by atoms with Crippen LogP contribution in [0.15, 0.2) is 57.8 Å². The van der Waals surface area contributed by atoms with Crippen LogP contribution in [0.1, 0.15) is 0 Å². The lowest BCUT2D eigenvalue weighted by Crippen LogP contribution is -1.98. The van der Waals surface area contributed by atoms with Gasteiger partial charge in [0.2, 0.25) is 0 Å². The summed E-state index contributed by atoms with van der Waals surface area (Å²) in [7, 11) is -2.90. The SMILES string of the molecule is CS(=O)(=Nc1ccc([N+](=O)[O-])cc1[N+](=O)[O-])c1ccccc1. The number of nitro benzene ring substituents is 2. The summed E-state index contributed by atoms with van der Waals surface area (Å²) in [5.41, 5.74) is -1.14. The van der Waals surface area contributed by atoms with Crippen molar-refractivity contribution in [3.8, 4) is 0 Å². The van der Waals surface area contributed by atoms with E-state index in [-0.39, 0.29) is 5.69 Å². The second kappa shape index (κ2) is 5.90. The predicted octanol–water partition coefficient (Wildman–Crippen LogP) is 3.29. The van der Waals surface area contributed by atoms with Gasteiger partial charge in [0.1, 0.15) is 0 Å². The summed E-state index contributed by atoms with van der Waals surface area (Å²) in [4.78, 5) is 20.6. The van der Waals surface area contributed by atoms with Gasteiger partial charge in [0.05, 0.1) is 25.6 Å². The van der Waals surface area contributed by atoms with E-state index in [1.165, 1.54) is 6.26 Å². The molecule has 0 aromatic heterocycles. The van der Waals surface area contributed by atoms with Gasteiger partial charge in [-0.25, -0.2) is 4.21 Å². The summed E-state index contributed by atoms with van der Waals surface area (Å²) in [5, 5.41) is 21.7. The maximum Gasteiger partial charge on any atom is 0.302 e. The average molecular weight is 321 g/mol. The highest BCUT2D eigenvalue weighted by molar-refractivity contribution is 7.93. The van der Waals surface area contributed by atoms with Crippen molar-refractivity contribution >= 4 is 26.8 Å². The van der Waals surface area contributed by atoms with Crippen molar-refractivity contribution in [3.05, 3.63) is 68.8 Å². The average Bonchev–Trinajstić information content (AvgIpc) is 2.47. The molecule has 1 atom stereocenters. The molecule has 2 aromatic carbocycles. The molecule has 22 heavy (non-hydrogen) atoms. The Morgan fingerprint density at radius 1 is 1.00 bits per heavy atom. The van der Waals surface area contributed by atoms with Crippen molar-refractivity contribution in [3.63, 3.8) is 0 Å². The molecule has 0 amide bonds. The minimum absolute atomic E-state index is 0.160. The zero-order valence-corrected chi connectivity index (χ0v) is 12.2. The summed E-state index contributed by atoms with van der Waals surface area (Å²) in [6.07, 6.45) is 1.35. The molecule has 0 aliphatic rings. The molecule has 0 N–H and O–H groups in total. The second-order valence-corrected chi connectivity index (χ2v) is 6.65. The topological polar surface area (TPSA) is 116 Å². The Kier molecular flexibility index (Phi) is 4.18. The van der Waals surface area contributed by atoms with E-state index in [2.05, 4.69) is 4.36 Å². The third-order valence-electron chi connectivity index (χ3n) is 2.82. The lowest BCUT2D eigenvalue weighted by atomic mass is 10.2. The van der Waals surface area contributed by atoms with Gasteiger partial charge in [-0.05, 0) is 18.2 Å². The fraction of sp³-hybridized carbons (Fsp3) is 0.0769. The lowest BCUT2D eigenvalue weighted by Gasteiger charge is -2.04. The molecule has 114 valence electrons. The van der Waals surface area contributed by atoms with Gasteiger partial charge in [0.25, 0.3) is 5.69 Å². The number of rotatable bonds is 4. The van der Waals surface area contributed by atoms with Crippen LogP contribution in [0.4, 0.5) is 17.1 Å². The monoisotopic (exact) mass is 321 g/mol. The van der Waals surface area contributed by atoms with Gasteiger partial charge in [-0.1, -0.05) is 18.2 Å². The normalized spacial score (nSPS) is 13.1. The van der Waals surface area contributed by atoms with Crippen LogP contribution >= 0.6 is 0 Å². The van der Waals surface area contributed by atoms with Crippen LogP contribution < -0.4 is 0 Å². The molecule has 2 rings (SSSR count).